The van der Waals surface area contributed by atoms with Gasteiger partial charge in [0, 0.05) is 22.0 Å². The van der Waals surface area contributed by atoms with Crippen LogP contribution in [-0.2, 0) is 0 Å². The molecule has 1 heterocycles. The molecule has 0 unspecified atom stereocenters. The van der Waals surface area contributed by atoms with Crippen LogP contribution in [0.2, 0.25) is 5.02 Å². The Morgan fingerprint density at radius 1 is 1.17 bits per heavy atom. The standard InChI is InChI=1S/C15H13ClFN/c16-12-6-11-9-18-15(8-13(11)14(17)7-12)10-4-2-1-3-5-10/h4,6-9H,1-3,5H2. The van der Waals surface area contributed by atoms with Crippen LogP contribution in [0.15, 0.2) is 30.5 Å². The van der Waals surface area contributed by atoms with Gasteiger partial charge in [0.05, 0.1) is 5.69 Å². The van der Waals surface area contributed by atoms with E-state index in [1.807, 2.05) is 6.07 Å². The fourth-order valence-corrected chi connectivity index (χ4v) is 2.64. The summed E-state index contributed by atoms with van der Waals surface area (Å²) in [5, 5.41) is 1.75. The van der Waals surface area contributed by atoms with Gasteiger partial charge in [-0.3, -0.25) is 4.98 Å². The molecule has 2 aromatic rings. The molecule has 0 bridgehead atoms. The maximum atomic E-state index is 13.9. The Kier molecular flexibility index (Phi) is 3.04. The third-order valence-electron chi connectivity index (χ3n) is 3.37. The van der Waals surface area contributed by atoms with Crippen molar-refractivity contribution < 1.29 is 4.39 Å². The summed E-state index contributed by atoms with van der Waals surface area (Å²) in [5.41, 5.74) is 2.13. The number of fused-ring (bicyclic) bond motifs is 1. The quantitative estimate of drug-likeness (QED) is 0.705. The van der Waals surface area contributed by atoms with Gasteiger partial charge in [-0.1, -0.05) is 17.7 Å². The van der Waals surface area contributed by atoms with Crippen LogP contribution in [0.4, 0.5) is 4.39 Å². The van der Waals surface area contributed by atoms with Crippen molar-refractivity contribution >= 4 is 27.9 Å². The fourth-order valence-electron chi connectivity index (χ4n) is 2.42. The van der Waals surface area contributed by atoms with Gasteiger partial charge < -0.3 is 0 Å². The van der Waals surface area contributed by atoms with E-state index in [-0.39, 0.29) is 5.82 Å². The zero-order chi connectivity index (χ0) is 12.5. The second kappa shape index (κ2) is 4.69. The summed E-state index contributed by atoms with van der Waals surface area (Å²) in [4.78, 5) is 4.42. The van der Waals surface area contributed by atoms with Crippen LogP contribution in [0.5, 0.6) is 0 Å². The van der Waals surface area contributed by atoms with Gasteiger partial charge in [0.2, 0.25) is 0 Å². The number of aromatic nitrogens is 1. The number of hydrogen-bond acceptors (Lipinski definition) is 1. The van der Waals surface area contributed by atoms with Crippen LogP contribution < -0.4 is 0 Å². The zero-order valence-electron chi connectivity index (χ0n) is 9.92. The van der Waals surface area contributed by atoms with Gasteiger partial charge in [-0.15, -0.1) is 0 Å². The lowest BCUT2D eigenvalue weighted by Crippen LogP contribution is -1.95. The molecule has 0 aliphatic heterocycles. The molecule has 3 rings (SSSR count). The van der Waals surface area contributed by atoms with Crippen molar-refractivity contribution in [3.05, 3.63) is 47.0 Å². The molecule has 1 aliphatic rings. The van der Waals surface area contributed by atoms with E-state index in [0.29, 0.717) is 10.4 Å². The molecule has 0 radical (unpaired) electrons. The second-order valence-corrected chi connectivity index (χ2v) is 5.09. The predicted molar refractivity (Wildman–Crippen MR) is 73.2 cm³/mol. The van der Waals surface area contributed by atoms with Gasteiger partial charge in [-0.25, -0.2) is 4.39 Å². The number of halogens is 2. The number of allylic oxidation sites excluding steroid dienone is 2. The number of pyridine rings is 1. The van der Waals surface area contributed by atoms with Crippen molar-refractivity contribution in [2.24, 2.45) is 0 Å². The summed E-state index contributed by atoms with van der Waals surface area (Å²) >= 11 is 5.83. The smallest absolute Gasteiger partial charge is 0.132 e. The molecule has 0 saturated carbocycles. The van der Waals surface area contributed by atoms with E-state index in [1.165, 1.54) is 24.5 Å². The largest absolute Gasteiger partial charge is 0.256 e. The van der Waals surface area contributed by atoms with Crippen molar-refractivity contribution in [3.63, 3.8) is 0 Å². The molecular formula is C15H13ClFN. The molecule has 92 valence electrons. The van der Waals surface area contributed by atoms with Gasteiger partial charge in [0.25, 0.3) is 0 Å². The van der Waals surface area contributed by atoms with Crippen LogP contribution in [-0.4, -0.2) is 4.98 Å². The monoisotopic (exact) mass is 261 g/mol. The van der Waals surface area contributed by atoms with Gasteiger partial charge >= 0.3 is 0 Å². The van der Waals surface area contributed by atoms with Gasteiger partial charge in [-0.2, -0.15) is 0 Å². The Labute approximate surface area is 110 Å². The molecule has 1 aromatic carbocycles. The first-order chi connectivity index (χ1) is 8.74. The van der Waals surface area contributed by atoms with E-state index in [0.717, 1.165) is 23.9 Å². The number of benzene rings is 1. The topological polar surface area (TPSA) is 12.9 Å². The molecule has 0 N–H and O–H groups in total. The van der Waals surface area contributed by atoms with Crippen molar-refractivity contribution in [3.8, 4) is 0 Å². The lowest BCUT2D eigenvalue weighted by Gasteiger charge is -2.12. The number of rotatable bonds is 1. The molecule has 1 aliphatic carbocycles. The molecule has 0 spiro atoms. The van der Waals surface area contributed by atoms with Crippen LogP contribution in [0, 0.1) is 5.82 Å². The first-order valence-corrected chi connectivity index (χ1v) is 6.56. The highest BCUT2D eigenvalue weighted by molar-refractivity contribution is 6.31. The van der Waals surface area contributed by atoms with Gasteiger partial charge in [0.1, 0.15) is 5.82 Å². The van der Waals surface area contributed by atoms with E-state index in [1.54, 1.807) is 12.3 Å². The average Bonchev–Trinajstić information content (AvgIpc) is 2.39. The highest BCUT2D eigenvalue weighted by Crippen LogP contribution is 2.29. The minimum atomic E-state index is -0.280. The van der Waals surface area contributed by atoms with E-state index in [4.69, 9.17) is 11.6 Å². The van der Waals surface area contributed by atoms with Gasteiger partial charge in [-0.05, 0) is 49.5 Å². The maximum Gasteiger partial charge on any atom is 0.132 e. The van der Waals surface area contributed by atoms with Crippen LogP contribution in [0.3, 0.4) is 0 Å². The Hall–Kier alpha value is -1.41. The van der Waals surface area contributed by atoms with Crippen molar-refractivity contribution in [2.75, 3.05) is 0 Å². The third kappa shape index (κ3) is 2.13. The molecule has 3 heteroatoms. The fraction of sp³-hybridized carbons (Fsp3) is 0.267. The van der Waals surface area contributed by atoms with E-state index in [9.17, 15) is 4.39 Å². The van der Waals surface area contributed by atoms with Gasteiger partial charge in [0.15, 0.2) is 0 Å². The normalized spacial score (nSPS) is 15.8. The van der Waals surface area contributed by atoms with Crippen molar-refractivity contribution in [1.29, 1.82) is 0 Å². The summed E-state index contributed by atoms with van der Waals surface area (Å²) in [7, 11) is 0. The van der Waals surface area contributed by atoms with Crippen LogP contribution >= 0.6 is 11.6 Å². The molecule has 0 amide bonds. The average molecular weight is 262 g/mol. The van der Waals surface area contributed by atoms with E-state index >= 15 is 0 Å². The third-order valence-corrected chi connectivity index (χ3v) is 3.59. The molecule has 0 fully saturated rings. The number of nitrogens with zero attached hydrogens (tertiary/aromatic N) is 1. The Morgan fingerprint density at radius 2 is 2.06 bits per heavy atom. The minimum Gasteiger partial charge on any atom is -0.256 e. The first-order valence-electron chi connectivity index (χ1n) is 6.18. The SMILES string of the molecule is Fc1cc(Cl)cc2cnc(C3=CCCCC3)cc12. The second-order valence-electron chi connectivity index (χ2n) is 4.65. The Bertz CT molecular complexity index is 634. The summed E-state index contributed by atoms with van der Waals surface area (Å²) in [5.74, 6) is -0.280. The summed E-state index contributed by atoms with van der Waals surface area (Å²) in [6.07, 6.45) is 8.47. The summed E-state index contributed by atoms with van der Waals surface area (Å²) in [6.45, 7) is 0. The number of hydrogen-bond donors (Lipinski definition) is 0. The predicted octanol–water partition coefficient (Wildman–Crippen LogP) is 4.98. The molecule has 0 saturated heterocycles. The van der Waals surface area contributed by atoms with Crippen LogP contribution in [0.25, 0.3) is 16.3 Å². The Morgan fingerprint density at radius 3 is 2.83 bits per heavy atom. The molecule has 0 atom stereocenters. The minimum absolute atomic E-state index is 0.280. The van der Waals surface area contributed by atoms with E-state index in [2.05, 4.69) is 11.1 Å². The summed E-state index contributed by atoms with van der Waals surface area (Å²) < 4.78 is 13.9. The highest BCUT2D eigenvalue weighted by Gasteiger charge is 2.10. The molecule has 1 aromatic heterocycles. The molecule has 1 nitrogen and oxygen atoms in total. The lowest BCUT2D eigenvalue weighted by molar-refractivity contribution is 0.639. The van der Waals surface area contributed by atoms with Crippen LogP contribution in [0.1, 0.15) is 31.4 Å². The van der Waals surface area contributed by atoms with E-state index < -0.39 is 0 Å². The highest BCUT2D eigenvalue weighted by atomic mass is 35.5. The van der Waals surface area contributed by atoms with Crippen molar-refractivity contribution in [2.45, 2.75) is 25.7 Å². The Balaban J connectivity index is 2.13. The first kappa shape index (κ1) is 11.7. The molecule has 18 heavy (non-hydrogen) atoms. The summed E-state index contributed by atoms with van der Waals surface area (Å²) in [6, 6.07) is 4.92. The lowest BCUT2D eigenvalue weighted by atomic mass is 9.96. The zero-order valence-corrected chi connectivity index (χ0v) is 10.7. The molecular weight excluding hydrogens is 249 g/mol. The van der Waals surface area contributed by atoms with Crippen molar-refractivity contribution in [1.82, 2.24) is 4.98 Å². The maximum absolute atomic E-state index is 13.9.